The molecule has 2 aliphatic rings. The lowest BCUT2D eigenvalue weighted by Gasteiger charge is -2.35. The van der Waals surface area contributed by atoms with E-state index < -0.39 is 0 Å². The number of piperazine rings is 1. The summed E-state index contributed by atoms with van der Waals surface area (Å²) in [5.41, 5.74) is 0.397. The second-order valence-corrected chi connectivity index (χ2v) is 7.71. The summed E-state index contributed by atoms with van der Waals surface area (Å²) in [5.74, 6) is 2.06. The number of nitrogens with zero attached hydrogens (tertiary/aromatic N) is 5. The number of hydrogen-bond donors (Lipinski definition) is 0. The molecule has 1 aromatic heterocycles. The summed E-state index contributed by atoms with van der Waals surface area (Å²) in [6, 6.07) is 9.93. The largest absolute Gasteiger partial charge is 0.355 e. The highest BCUT2D eigenvalue weighted by Crippen LogP contribution is 2.22. The third-order valence-electron chi connectivity index (χ3n) is 5.71. The Morgan fingerprint density at radius 2 is 1.54 bits per heavy atom. The lowest BCUT2D eigenvalue weighted by molar-refractivity contribution is 0.0746. The van der Waals surface area contributed by atoms with Crippen molar-refractivity contribution in [1.29, 1.82) is 0 Å². The van der Waals surface area contributed by atoms with Crippen LogP contribution in [0.1, 0.15) is 30.1 Å². The Balaban J connectivity index is 1.34. The highest BCUT2D eigenvalue weighted by molar-refractivity contribution is 5.94. The van der Waals surface area contributed by atoms with E-state index in [1.54, 1.807) is 17.0 Å². The maximum atomic E-state index is 13.4. The molecule has 7 heteroatoms. The van der Waals surface area contributed by atoms with Crippen LogP contribution in [0.15, 0.2) is 36.4 Å². The topological polar surface area (TPSA) is 52.6 Å². The fraction of sp³-hybridized carbons (Fsp3) is 0.476. The molecule has 1 aromatic carbocycles. The smallest absolute Gasteiger partial charge is 0.254 e. The van der Waals surface area contributed by atoms with Gasteiger partial charge in [-0.3, -0.25) is 4.79 Å². The first kappa shape index (κ1) is 18.7. The summed E-state index contributed by atoms with van der Waals surface area (Å²) >= 11 is 0. The first-order chi connectivity index (χ1) is 13.6. The Kier molecular flexibility index (Phi) is 5.41. The number of hydrogen-bond acceptors (Lipinski definition) is 5. The second kappa shape index (κ2) is 8.12. The summed E-state index contributed by atoms with van der Waals surface area (Å²) in [5, 5.41) is 8.84. The van der Waals surface area contributed by atoms with Crippen molar-refractivity contribution in [3.63, 3.8) is 0 Å². The highest BCUT2D eigenvalue weighted by atomic mass is 19.1. The number of aromatic nitrogens is 2. The maximum Gasteiger partial charge on any atom is 0.254 e. The standard InChI is InChI=1S/C21H26FN5O/c1-16-7-9-25(10-8-16)19-5-6-20(24-23-19)26-11-13-27(14-12-26)21(28)17-3-2-4-18(22)15-17/h2-6,15-16H,7-14H2,1H3. The van der Waals surface area contributed by atoms with Gasteiger partial charge in [0, 0.05) is 44.8 Å². The Morgan fingerprint density at radius 1 is 0.929 bits per heavy atom. The molecule has 28 heavy (non-hydrogen) atoms. The highest BCUT2D eigenvalue weighted by Gasteiger charge is 2.24. The van der Waals surface area contributed by atoms with Gasteiger partial charge < -0.3 is 14.7 Å². The van der Waals surface area contributed by atoms with Gasteiger partial charge in [0.2, 0.25) is 0 Å². The molecular weight excluding hydrogens is 357 g/mol. The molecule has 3 heterocycles. The van der Waals surface area contributed by atoms with E-state index in [-0.39, 0.29) is 11.7 Å². The van der Waals surface area contributed by atoms with Crippen LogP contribution in [0.2, 0.25) is 0 Å². The van der Waals surface area contributed by atoms with Crippen LogP contribution < -0.4 is 9.80 Å². The van der Waals surface area contributed by atoms with Gasteiger partial charge in [0.05, 0.1) is 0 Å². The molecule has 0 saturated carbocycles. The van der Waals surface area contributed by atoms with E-state index in [1.807, 2.05) is 12.1 Å². The average Bonchev–Trinajstić information content (AvgIpc) is 2.74. The summed E-state index contributed by atoms with van der Waals surface area (Å²) in [6.07, 6.45) is 2.40. The van der Waals surface area contributed by atoms with Crippen LogP contribution in [0, 0.1) is 11.7 Å². The predicted molar refractivity (Wildman–Crippen MR) is 107 cm³/mol. The molecule has 0 spiro atoms. The summed E-state index contributed by atoms with van der Waals surface area (Å²) in [7, 11) is 0. The van der Waals surface area contributed by atoms with Crippen molar-refractivity contribution in [1.82, 2.24) is 15.1 Å². The molecule has 0 bridgehead atoms. The third kappa shape index (κ3) is 4.08. The van der Waals surface area contributed by atoms with Gasteiger partial charge >= 0.3 is 0 Å². The quantitative estimate of drug-likeness (QED) is 0.816. The molecular formula is C21H26FN5O. The van der Waals surface area contributed by atoms with Crippen LogP contribution in [0.5, 0.6) is 0 Å². The molecule has 2 aliphatic heterocycles. The molecule has 4 rings (SSSR count). The zero-order valence-electron chi connectivity index (χ0n) is 16.2. The van der Waals surface area contributed by atoms with Crippen LogP contribution in [0.25, 0.3) is 0 Å². The van der Waals surface area contributed by atoms with Gasteiger partial charge in [0.1, 0.15) is 5.82 Å². The van der Waals surface area contributed by atoms with E-state index in [4.69, 9.17) is 0 Å². The molecule has 0 N–H and O–H groups in total. The molecule has 2 fully saturated rings. The van der Waals surface area contributed by atoms with Crippen molar-refractivity contribution < 1.29 is 9.18 Å². The maximum absolute atomic E-state index is 13.4. The van der Waals surface area contributed by atoms with Gasteiger partial charge in [-0.05, 0) is 49.1 Å². The third-order valence-corrected chi connectivity index (χ3v) is 5.71. The van der Waals surface area contributed by atoms with E-state index in [0.717, 1.165) is 30.6 Å². The van der Waals surface area contributed by atoms with Gasteiger partial charge in [-0.15, -0.1) is 10.2 Å². The SMILES string of the molecule is CC1CCN(c2ccc(N3CCN(C(=O)c4cccc(F)c4)CC3)nn2)CC1. The van der Waals surface area contributed by atoms with Crippen molar-refractivity contribution >= 4 is 17.5 Å². The number of benzene rings is 1. The first-order valence-corrected chi connectivity index (χ1v) is 9.98. The van der Waals surface area contributed by atoms with Crippen LogP contribution in [0.4, 0.5) is 16.0 Å². The van der Waals surface area contributed by atoms with E-state index in [0.29, 0.717) is 31.7 Å². The molecule has 2 saturated heterocycles. The molecule has 0 aliphatic carbocycles. The van der Waals surface area contributed by atoms with Gasteiger partial charge in [-0.1, -0.05) is 13.0 Å². The van der Waals surface area contributed by atoms with Gasteiger partial charge in [0.15, 0.2) is 11.6 Å². The number of carbonyl (C=O) groups is 1. The number of piperidine rings is 1. The second-order valence-electron chi connectivity index (χ2n) is 7.71. The summed E-state index contributed by atoms with van der Waals surface area (Å²) in [6.45, 7) is 6.93. The number of rotatable bonds is 3. The Hall–Kier alpha value is -2.70. The van der Waals surface area contributed by atoms with Gasteiger partial charge in [-0.25, -0.2) is 4.39 Å². The fourth-order valence-corrected chi connectivity index (χ4v) is 3.84. The first-order valence-electron chi connectivity index (χ1n) is 9.98. The molecule has 2 aromatic rings. The van der Waals surface area contributed by atoms with Crippen LogP contribution in [-0.4, -0.2) is 60.3 Å². The zero-order chi connectivity index (χ0) is 19.5. The predicted octanol–water partition coefficient (Wildman–Crippen LogP) is 2.81. The van der Waals surface area contributed by atoms with Crippen molar-refractivity contribution in [2.45, 2.75) is 19.8 Å². The molecule has 148 valence electrons. The van der Waals surface area contributed by atoms with Gasteiger partial charge in [0.25, 0.3) is 5.91 Å². The molecule has 0 atom stereocenters. The number of anilines is 2. The Labute approximate surface area is 165 Å². The van der Waals surface area contributed by atoms with Crippen LogP contribution >= 0.6 is 0 Å². The molecule has 0 unspecified atom stereocenters. The van der Waals surface area contributed by atoms with Crippen LogP contribution in [-0.2, 0) is 0 Å². The minimum absolute atomic E-state index is 0.125. The Morgan fingerprint density at radius 3 is 2.11 bits per heavy atom. The summed E-state index contributed by atoms with van der Waals surface area (Å²) < 4.78 is 13.4. The minimum atomic E-state index is -0.386. The number of halogens is 1. The molecule has 6 nitrogen and oxygen atoms in total. The monoisotopic (exact) mass is 383 g/mol. The van der Waals surface area contributed by atoms with Crippen LogP contribution in [0.3, 0.4) is 0 Å². The summed E-state index contributed by atoms with van der Waals surface area (Å²) in [4.78, 5) is 18.8. The lowest BCUT2D eigenvalue weighted by atomic mass is 9.99. The number of carbonyl (C=O) groups excluding carboxylic acids is 1. The normalized spacial score (nSPS) is 18.4. The van der Waals surface area contributed by atoms with E-state index in [1.165, 1.54) is 25.0 Å². The Bertz CT molecular complexity index is 812. The molecule has 1 amide bonds. The fourth-order valence-electron chi connectivity index (χ4n) is 3.84. The van der Waals surface area contributed by atoms with Gasteiger partial charge in [-0.2, -0.15) is 0 Å². The van der Waals surface area contributed by atoms with Crippen molar-refractivity contribution in [3.05, 3.63) is 47.8 Å². The number of amides is 1. The van der Waals surface area contributed by atoms with E-state index in [2.05, 4.69) is 26.9 Å². The van der Waals surface area contributed by atoms with Crippen molar-refractivity contribution in [2.24, 2.45) is 5.92 Å². The van der Waals surface area contributed by atoms with E-state index in [9.17, 15) is 9.18 Å². The lowest BCUT2D eigenvalue weighted by Crippen LogP contribution is -2.49. The minimum Gasteiger partial charge on any atom is -0.355 e. The van der Waals surface area contributed by atoms with Crippen molar-refractivity contribution in [2.75, 3.05) is 49.1 Å². The average molecular weight is 383 g/mol. The van der Waals surface area contributed by atoms with Crippen molar-refractivity contribution in [3.8, 4) is 0 Å². The molecule has 0 radical (unpaired) electrons. The zero-order valence-corrected chi connectivity index (χ0v) is 16.2. The van der Waals surface area contributed by atoms with E-state index >= 15 is 0 Å².